The molecule has 0 aliphatic rings. The number of hydrogen-bond acceptors (Lipinski definition) is 2. The van der Waals surface area contributed by atoms with Crippen LogP contribution in [-0.2, 0) is 0 Å². The Balaban J connectivity index is 2.37. The highest BCUT2D eigenvalue weighted by atomic mass is 35.5. The Bertz CT molecular complexity index is 538. The van der Waals surface area contributed by atoms with Gasteiger partial charge in [-0.1, -0.05) is 29.8 Å². The first kappa shape index (κ1) is 11.5. The van der Waals surface area contributed by atoms with Crippen molar-refractivity contribution >= 4 is 17.6 Å². The minimum Gasteiger partial charge on any atom is -0.478 e. The standard InChI is InChI=1S/C13H9ClO3/c14-9-6-7-11(13(15)16)12(8-9)17-10-4-2-1-3-5-10/h1-8H,(H,15,16). The normalized spacial score (nSPS) is 9.94. The molecule has 2 aromatic rings. The van der Waals surface area contributed by atoms with Crippen LogP contribution in [0.25, 0.3) is 0 Å². The van der Waals surface area contributed by atoms with E-state index in [0.717, 1.165) is 0 Å². The van der Waals surface area contributed by atoms with Gasteiger partial charge in [0.25, 0.3) is 0 Å². The molecule has 1 N–H and O–H groups in total. The highest BCUT2D eigenvalue weighted by molar-refractivity contribution is 6.30. The monoisotopic (exact) mass is 248 g/mol. The van der Waals surface area contributed by atoms with Crippen LogP contribution in [0.2, 0.25) is 5.02 Å². The molecule has 0 aromatic heterocycles. The molecule has 4 heteroatoms. The van der Waals surface area contributed by atoms with E-state index < -0.39 is 5.97 Å². The van der Waals surface area contributed by atoms with Crippen LogP contribution < -0.4 is 4.74 Å². The van der Waals surface area contributed by atoms with Gasteiger partial charge in [0, 0.05) is 11.1 Å². The van der Waals surface area contributed by atoms with Crippen LogP contribution in [-0.4, -0.2) is 11.1 Å². The van der Waals surface area contributed by atoms with Crippen molar-refractivity contribution in [2.75, 3.05) is 0 Å². The molecule has 0 heterocycles. The third kappa shape index (κ3) is 2.77. The second-order valence-corrected chi connectivity index (χ2v) is 3.80. The molecule has 2 aromatic carbocycles. The van der Waals surface area contributed by atoms with E-state index in [1.807, 2.05) is 6.07 Å². The summed E-state index contributed by atoms with van der Waals surface area (Å²) in [4.78, 5) is 11.0. The van der Waals surface area contributed by atoms with Gasteiger partial charge in [-0.3, -0.25) is 0 Å². The zero-order valence-corrected chi connectivity index (χ0v) is 9.52. The zero-order chi connectivity index (χ0) is 12.3. The average Bonchev–Trinajstić information content (AvgIpc) is 2.30. The first-order valence-corrected chi connectivity index (χ1v) is 5.30. The Morgan fingerprint density at radius 3 is 2.47 bits per heavy atom. The zero-order valence-electron chi connectivity index (χ0n) is 8.76. The number of halogens is 1. The third-order valence-corrected chi connectivity index (χ3v) is 2.38. The van der Waals surface area contributed by atoms with Crippen molar-refractivity contribution in [1.29, 1.82) is 0 Å². The number of carboxylic acids is 1. The average molecular weight is 249 g/mol. The largest absolute Gasteiger partial charge is 0.478 e. The quantitative estimate of drug-likeness (QED) is 0.898. The molecular weight excluding hydrogens is 240 g/mol. The van der Waals surface area contributed by atoms with Gasteiger partial charge in [-0.15, -0.1) is 0 Å². The molecule has 2 rings (SSSR count). The van der Waals surface area contributed by atoms with Gasteiger partial charge in [-0.25, -0.2) is 4.79 Å². The number of hydrogen-bond donors (Lipinski definition) is 1. The van der Waals surface area contributed by atoms with Gasteiger partial charge >= 0.3 is 5.97 Å². The summed E-state index contributed by atoms with van der Waals surface area (Å²) in [5.41, 5.74) is 0.0817. The molecular formula is C13H9ClO3. The van der Waals surface area contributed by atoms with E-state index in [2.05, 4.69) is 0 Å². The lowest BCUT2D eigenvalue weighted by molar-refractivity contribution is 0.0694. The number of para-hydroxylation sites is 1. The fourth-order valence-electron chi connectivity index (χ4n) is 1.37. The Morgan fingerprint density at radius 2 is 1.82 bits per heavy atom. The maximum Gasteiger partial charge on any atom is 0.339 e. The molecule has 0 aliphatic carbocycles. The first-order chi connectivity index (χ1) is 8.16. The molecule has 0 amide bonds. The van der Waals surface area contributed by atoms with Gasteiger partial charge in [0.05, 0.1) is 0 Å². The summed E-state index contributed by atoms with van der Waals surface area (Å²) in [6, 6.07) is 13.4. The SMILES string of the molecule is O=C(O)c1ccc(Cl)cc1Oc1ccccc1. The second-order valence-electron chi connectivity index (χ2n) is 3.36. The van der Waals surface area contributed by atoms with Crippen molar-refractivity contribution < 1.29 is 14.6 Å². The van der Waals surface area contributed by atoms with E-state index >= 15 is 0 Å². The fourth-order valence-corrected chi connectivity index (χ4v) is 1.53. The lowest BCUT2D eigenvalue weighted by atomic mass is 10.2. The van der Waals surface area contributed by atoms with Crippen molar-refractivity contribution in [3.8, 4) is 11.5 Å². The number of aromatic carboxylic acids is 1. The number of ether oxygens (including phenoxy) is 1. The van der Waals surface area contributed by atoms with Crippen LogP contribution in [0.1, 0.15) is 10.4 Å². The van der Waals surface area contributed by atoms with E-state index in [9.17, 15) is 4.79 Å². The van der Waals surface area contributed by atoms with E-state index in [1.165, 1.54) is 18.2 Å². The molecule has 0 fully saturated rings. The Morgan fingerprint density at radius 1 is 1.12 bits per heavy atom. The topological polar surface area (TPSA) is 46.5 Å². The summed E-state index contributed by atoms with van der Waals surface area (Å²) in [7, 11) is 0. The van der Waals surface area contributed by atoms with Gasteiger partial charge < -0.3 is 9.84 Å². The highest BCUT2D eigenvalue weighted by Gasteiger charge is 2.12. The molecule has 0 unspecified atom stereocenters. The van der Waals surface area contributed by atoms with Gasteiger partial charge in [-0.05, 0) is 24.3 Å². The summed E-state index contributed by atoms with van der Waals surface area (Å²) in [5.74, 6) is -0.249. The van der Waals surface area contributed by atoms with Crippen molar-refractivity contribution in [1.82, 2.24) is 0 Å². The summed E-state index contributed by atoms with van der Waals surface area (Å²) >= 11 is 5.81. The molecule has 0 bridgehead atoms. The summed E-state index contributed by atoms with van der Waals surface area (Å²) in [6.45, 7) is 0. The number of carbonyl (C=O) groups is 1. The van der Waals surface area contributed by atoms with Crippen LogP contribution >= 0.6 is 11.6 Å². The molecule has 0 saturated heterocycles. The Labute approximate surface area is 103 Å². The minimum atomic E-state index is -1.05. The van der Waals surface area contributed by atoms with Crippen LogP contribution in [0.15, 0.2) is 48.5 Å². The molecule has 17 heavy (non-hydrogen) atoms. The van der Waals surface area contributed by atoms with Crippen molar-refractivity contribution in [2.45, 2.75) is 0 Å². The highest BCUT2D eigenvalue weighted by Crippen LogP contribution is 2.28. The van der Waals surface area contributed by atoms with Gasteiger partial charge in [0.1, 0.15) is 17.1 Å². The minimum absolute atomic E-state index is 0.0817. The number of carboxylic acid groups (broad SMARTS) is 1. The Hall–Kier alpha value is -2.00. The van der Waals surface area contributed by atoms with Crippen molar-refractivity contribution in [3.63, 3.8) is 0 Å². The van der Waals surface area contributed by atoms with Crippen molar-refractivity contribution in [2.24, 2.45) is 0 Å². The van der Waals surface area contributed by atoms with E-state index in [-0.39, 0.29) is 11.3 Å². The Kier molecular flexibility index (Phi) is 3.30. The molecule has 0 spiro atoms. The molecule has 0 radical (unpaired) electrons. The van der Waals surface area contributed by atoms with Crippen LogP contribution in [0.5, 0.6) is 11.5 Å². The van der Waals surface area contributed by atoms with Gasteiger partial charge in [0.15, 0.2) is 0 Å². The predicted octanol–water partition coefficient (Wildman–Crippen LogP) is 3.83. The molecule has 86 valence electrons. The van der Waals surface area contributed by atoms with E-state index in [0.29, 0.717) is 10.8 Å². The number of benzene rings is 2. The van der Waals surface area contributed by atoms with Crippen molar-refractivity contribution in [3.05, 3.63) is 59.1 Å². The molecule has 0 aliphatic heterocycles. The van der Waals surface area contributed by atoms with E-state index in [1.54, 1.807) is 24.3 Å². The maximum atomic E-state index is 11.0. The molecule has 0 saturated carbocycles. The maximum absolute atomic E-state index is 11.0. The second kappa shape index (κ2) is 4.89. The lowest BCUT2D eigenvalue weighted by Crippen LogP contribution is -1.99. The van der Waals surface area contributed by atoms with Gasteiger partial charge in [0.2, 0.25) is 0 Å². The van der Waals surface area contributed by atoms with Gasteiger partial charge in [-0.2, -0.15) is 0 Å². The predicted molar refractivity (Wildman–Crippen MR) is 64.9 cm³/mol. The summed E-state index contributed by atoms with van der Waals surface area (Å²) in [5, 5.41) is 9.44. The fraction of sp³-hybridized carbons (Fsp3) is 0. The summed E-state index contributed by atoms with van der Waals surface area (Å²) < 4.78 is 5.49. The third-order valence-electron chi connectivity index (χ3n) is 2.15. The van der Waals surface area contributed by atoms with Crippen LogP contribution in [0, 0.1) is 0 Å². The summed E-state index contributed by atoms with van der Waals surface area (Å²) in [6.07, 6.45) is 0. The first-order valence-electron chi connectivity index (χ1n) is 4.92. The molecule has 3 nitrogen and oxygen atoms in total. The van der Waals surface area contributed by atoms with Crippen LogP contribution in [0.4, 0.5) is 0 Å². The van der Waals surface area contributed by atoms with E-state index in [4.69, 9.17) is 21.4 Å². The smallest absolute Gasteiger partial charge is 0.339 e. The molecule has 0 atom stereocenters. The van der Waals surface area contributed by atoms with Crippen LogP contribution in [0.3, 0.4) is 0 Å². The lowest BCUT2D eigenvalue weighted by Gasteiger charge is -2.08. The number of rotatable bonds is 3.